The highest BCUT2D eigenvalue weighted by atomic mass is 35.5. The Balaban J connectivity index is 1.50. The summed E-state index contributed by atoms with van der Waals surface area (Å²) in [5.74, 6) is -0.780. The lowest BCUT2D eigenvalue weighted by atomic mass is 9.91. The van der Waals surface area contributed by atoms with Crippen LogP contribution in [0.1, 0.15) is 31.2 Å². The van der Waals surface area contributed by atoms with Crippen LogP contribution in [0.4, 0.5) is 0 Å². The molecule has 0 fully saturated rings. The number of fused-ring (bicyclic) bond motifs is 3. The summed E-state index contributed by atoms with van der Waals surface area (Å²) in [5.41, 5.74) is 8.88. The Morgan fingerprint density at radius 2 is 1.58 bits per heavy atom. The highest BCUT2D eigenvalue weighted by molar-refractivity contribution is 7.17. The Hall–Kier alpha value is -2.63. The third kappa shape index (κ3) is 3.11. The number of hydrogen-bond donors (Lipinski definition) is 2. The van der Waals surface area contributed by atoms with E-state index in [2.05, 4.69) is 23.0 Å². The van der Waals surface area contributed by atoms with Crippen molar-refractivity contribution in [2.45, 2.75) is 12.8 Å². The molecule has 0 aliphatic heterocycles. The van der Waals surface area contributed by atoms with Gasteiger partial charge in [-0.25, -0.2) is 0 Å². The predicted molar refractivity (Wildman–Crippen MR) is 104 cm³/mol. The van der Waals surface area contributed by atoms with Crippen molar-refractivity contribution >= 4 is 34.8 Å². The van der Waals surface area contributed by atoms with Gasteiger partial charge in [0.05, 0.1) is 15.5 Å². The molecule has 2 N–H and O–H groups in total. The molecule has 2 aromatic carbocycles. The zero-order chi connectivity index (χ0) is 18.1. The van der Waals surface area contributed by atoms with Crippen molar-refractivity contribution in [1.82, 2.24) is 10.9 Å². The largest absolute Gasteiger partial charge is 0.279 e. The molecular weight excluding hydrogens is 368 g/mol. The molecule has 1 aromatic heterocycles. The maximum absolute atomic E-state index is 12.4. The first-order chi connectivity index (χ1) is 12.6. The SMILES string of the molecule is O=C(NNC(=O)c1ccccc1Cl)c1cc2c(s1)-c1ccccc1CC2. The molecule has 130 valence electrons. The standard InChI is InChI=1S/C20H15ClN2O2S/c21-16-8-4-3-7-15(16)19(24)22-23-20(25)17-11-13-10-9-12-5-1-2-6-14(12)18(13)26-17/h1-8,11H,9-10H2,(H,22,24)(H,23,25). The Morgan fingerprint density at radius 3 is 2.42 bits per heavy atom. The number of halogens is 1. The molecule has 2 amide bonds. The molecule has 26 heavy (non-hydrogen) atoms. The Morgan fingerprint density at radius 1 is 0.885 bits per heavy atom. The summed E-state index contributed by atoms with van der Waals surface area (Å²) in [4.78, 5) is 26.3. The van der Waals surface area contributed by atoms with E-state index in [0.29, 0.717) is 15.5 Å². The molecule has 0 spiro atoms. The fourth-order valence-corrected chi connectivity index (χ4v) is 4.46. The van der Waals surface area contributed by atoms with Gasteiger partial charge in [-0.3, -0.25) is 20.4 Å². The van der Waals surface area contributed by atoms with Crippen molar-refractivity contribution in [2.24, 2.45) is 0 Å². The molecule has 0 saturated heterocycles. The third-order valence-corrected chi connectivity index (χ3v) is 5.91. The molecule has 0 radical (unpaired) electrons. The van der Waals surface area contributed by atoms with Gasteiger partial charge in [0, 0.05) is 4.88 Å². The van der Waals surface area contributed by atoms with Crippen molar-refractivity contribution in [3.05, 3.63) is 81.2 Å². The lowest BCUT2D eigenvalue weighted by Crippen LogP contribution is -2.41. The van der Waals surface area contributed by atoms with E-state index >= 15 is 0 Å². The van der Waals surface area contributed by atoms with Crippen LogP contribution in [0.5, 0.6) is 0 Å². The summed E-state index contributed by atoms with van der Waals surface area (Å²) in [6.07, 6.45) is 1.90. The van der Waals surface area contributed by atoms with Gasteiger partial charge in [0.15, 0.2) is 0 Å². The Labute approximate surface area is 159 Å². The van der Waals surface area contributed by atoms with E-state index in [1.165, 1.54) is 28.0 Å². The molecular formula is C20H15ClN2O2S. The zero-order valence-electron chi connectivity index (χ0n) is 13.7. The van der Waals surface area contributed by atoms with Crippen molar-refractivity contribution < 1.29 is 9.59 Å². The van der Waals surface area contributed by atoms with Gasteiger partial charge in [-0.2, -0.15) is 0 Å². The average Bonchev–Trinajstić information content (AvgIpc) is 3.11. The summed E-state index contributed by atoms with van der Waals surface area (Å²) in [6.45, 7) is 0. The maximum atomic E-state index is 12.4. The van der Waals surface area contributed by atoms with Crippen molar-refractivity contribution in [1.29, 1.82) is 0 Å². The minimum atomic E-state index is -0.449. The first-order valence-corrected chi connectivity index (χ1v) is 9.39. The van der Waals surface area contributed by atoms with Crippen LogP contribution in [-0.2, 0) is 12.8 Å². The van der Waals surface area contributed by atoms with E-state index in [-0.39, 0.29) is 5.91 Å². The topological polar surface area (TPSA) is 58.2 Å². The summed E-state index contributed by atoms with van der Waals surface area (Å²) in [6, 6.07) is 16.9. The monoisotopic (exact) mass is 382 g/mol. The quantitative estimate of drug-likeness (QED) is 0.651. The summed E-state index contributed by atoms with van der Waals surface area (Å²) >= 11 is 7.44. The minimum absolute atomic E-state index is 0.314. The van der Waals surface area contributed by atoms with Gasteiger partial charge in [0.2, 0.25) is 0 Å². The van der Waals surface area contributed by atoms with Crippen LogP contribution in [0, 0.1) is 0 Å². The summed E-state index contributed by atoms with van der Waals surface area (Å²) < 4.78 is 0. The number of hydrogen-bond acceptors (Lipinski definition) is 3. The van der Waals surface area contributed by atoms with Gasteiger partial charge < -0.3 is 0 Å². The first-order valence-electron chi connectivity index (χ1n) is 8.19. The second-order valence-electron chi connectivity index (χ2n) is 6.01. The number of carbonyl (C=O) groups excluding carboxylic acids is 2. The molecule has 0 unspecified atom stereocenters. The highest BCUT2D eigenvalue weighted by Crippen LogP contribution is 2.39. The molecule has 1 aliphatic rings. The second kappa shape index (κ2) is 6.94. The van der Waals surface area contributed by atoms with Crippen LogP contribution in [-0.4, -0.2) is 11.8 Å². The number of aryl methyl sites for hydroxylation is 2. The van der Waals surface area contributed by atoms with Gasteiger partial charge in [0.25, 0.3) is 11.8 Å². The predicted octanol–water partition coefficient (Wildman–Crippen LogP) is 4.24. The number of benzene rings is 2. The van der Waals surface area contributed by atoms with Crippen molar-refractivity contribution in [3.63, 3.8) is 0 Å². The number of amides is 2. The average molecular weight is 383 g/mol. The molecule has 0 atom stereocenters. The van der Waals surface area contributed by atoms with Crippen LogP contribution in [0.2, 0.25) is 5.02 Å². The van der Waals surface area contributed by atoms with E-state index < -0.39 is 5.91 Å². The fourth-order valence-electron chi connectivity index (χ4n) is 3.07. The lowest BCUT2D eigenvalue weighted by molar-refractivity contribution is 0.0849. The number of thiophene rings is 1. The van der Waals surface area contributed by atoms with Crippen LogP contribution >= 0.6 is 22.9 Å². The zero-order valence-corrected chi connectivity index (χ0v) is 15.3. The summed E-state index contributed by atoms with van der Waals surface area (Å²) in [7, 11) is 0. The third-order valence-electron chi connectivity index (χ3n) is 4.37. The first kappa shape index (κ1) is 16.8. The molecule has 0 bridgehead atoms. The van der Waals surface area contributed by atoms with E-state index in [1.54, 1.807) is 24.3 Å². The second-order valence-corrected chi connectivity index (χ2v) is 7.47. The number of nitrogens with one attached hydrogen (secondary N) is 2. The van der Waals surface area contributed by atoms with Crippen molar-refractivity contribution in [2.75, 3.05) is 0 Å². The molecule has 4 rings (SSSR count). The molecule has 6 heteroatoms. The molecule has 3 aromatic rings. The number of carbonyl (C=O) groups is 2. The highest BCUT2D eigenvalue weighted by Gasteiger charge is 2.21. The maximum Gasteiger partial charge on any atom is 0.279 e. The van der Waals surface area contributed by atoms with Crippen LogP contribution in [0.3, 0.4) is 0 Å². The van der Waals surface area contributed by atoms with E-state index in [1.807, 2.05) is 18.2 Å². The van der Waals surface area contributed by atoms with E-state index in [0.717, 1.165) is 17.7 Å². The van der Waals surface area contributed by atoms with E-state index in [4.69, 9.17) is 11.6 Å². The Bertz CT molecular complexity index is 1010. The number of hydrazine groups is 1. The molecule has 1 heterocycles. The van der Waals surface area contributed by atoms with Gasteiger partial charge in [-0.05, 0) is 47.7 Å². The van der Waals surface area contributed by atoms with Crippen LogP contribution in [0.25, 0.3) is 10.4 Å². The lowest BCUT2D eigenvalue weighted by Gasteiger charge is -2.15. The van der Waals surface area contributed by atoms with Gasteiger partial charge >= 0.3 is 0 Å². The Kier molecular flexibility index (Phi) is 4.49. The van der Waals surface area contributed by atoms with Crippen LogP contribution in [0.15, 0.2) is 54.6 Å². The van der Waals surface area contributed by atoms with Gasteiger partial charge in [-0.1, -0.05) is 48.0 Å². The van der Waals surface area contributed by atoms with E-state index in [9.17, 15) is 9.59 Å². The summed E-state index contributed by atoms with van der Waals surface area (Å²) in [5, 5.41) is 0.336. The normalized spacial score (nSPS) is 12.0. The molecule has 1 aliphatic carbocycles. The van der Waals surface area contributed by atoms with Crippen molar-refractivity contribution in [3.8, 4) is 10.4 Å². The number of rotatable bonds is 2. The van der Waals surface area contributed by atoms with Crippen LogP contribution < -0.4 is 10.9 Å². The smallest absolute Gasteiger partial charge is 0.267 e. The fraction of sp³-hybridized carbons (Fsp3) is 0.100. The molecule has 4 nitrogen and oxygen atoms in total. The molecule has 0 saturated carbocycles. The van der Waals surface area contributed by atoms with Gasteiger partial charge in [0.1, 0.15) is 0 Å². The minimum Gasteiger partial charge on any atom is -0.267 e. The van der Waals surface area contributed by atoms with Gasteiger partial charge in [-0.15, -0.1) is 11.3 Å².